The Kier molecular flexibility index (Phi) is 4.00. The van der Waals surface area contributed by atoms with Crippen LogP contribution in [0.1, 0.15) is 17.0 Å². The van der Waals surface area contributed by atoms with Gasteiger partial charge in [0.05, 0.1) is 17.1 Å². The average Bonchev–Trinajstić information content (AvgIpc) is 2.65. The van der Waals surface area contributed by atoms with E-state index in [0.29, 0.717) is 23.9 Å². The Balaban J connectivity index is 1.90. The molecule has 3 heterocycles. The van der Waals surface area contributed by atoms with Gasteiger partial charge in [-0.25, -0.2) is 4.39 Å². The lowest BCUT2D eigenvalue weighted by atomic mass is 9.92. The Morgan fingerprint density at radius 3 is 2.81 bits per heavy atom. The molecular formula is C20H21FN4O. The van der Waals surface area contributed by atoms with Gasteiger partial charge in [0.2, 0.25) is 0 Å². The maximum atomic E-state index is 15.0. The Morgan fingerprint density at radius 2 is 2.04 bits per heavy atom. The molecule has 1 aliphatic rings. The standard InChI is InChI=1S/C20H21FN4O/c1-10-3-13-5-14(18(21)19(22)16(13)8-23-10)15-7-24-17-4-12(9-26)6-25-20(17)11(15)2/h3,5,7-8,12,25-26H,4,6,9,22H2,1-2H3. The van der Waals surface area contributed by atoms with Crippen LogP contribution in [0, 0.1) is 25.6 Å². The first-order valence-electron chi connectivity index (χ1n) is 8.67. The number of nitrogens with two attached hydrogens (primary N) is 1. The number of aliphatic hydroxyl groups excluding tert-OH is 1. The van der Waals surface area contributed by atoms with E-state index in [9.17, 15) is 5.11 Å². The number of nitrogens with one attached hydrogen (secondary N) is 1. The van der Waals surface area contributed by atoms with Crippen molar-refractivity contribution in [2.75, 3.05) is 24.2 Å². The molecule has 0 saturated heterocycles. The summed E-state index contributed by atoms with van der Waals surface area (Å²) in [4.78, 5) is 8.74. The first kappa shape index (κ1) is 16.7. The molecule has 1 aromatic carbocycles. The highest BCUT2D eigenvalue weighted by Gasteiger charge is 2.23. The number of anilines is 2. The summed E-state index contributed by atoms with van der Waals surface area (Å²) in [6.45, 7) is 4.66. The van der Waals surface area contributed by atoms with Gasteiger partial charge in [-0.15, -0.1) is 0 Å². The molecule has 0 bridgehead atoms. The normalized spacial score (nSPS) is 16.4. The molecule has 26 heavy (non-hydrogen) atoms. The lowest BCUT2D eigenvalue weighted by Crippen LogP contribution is -2.27. The van der Waals surface area contributed by atoms with Crippen LogP contribution in [0.2, 0.25) is 0 Å². The summed E-state index contributed by atoms with van der Waals surface area (Å²) in [7, 11) is 0. The van der Waals surface area contributed by atoms with Gasteiger partial charge < -0.3 is 16.2 Å². The van der Waals surface area contributed by atoms with Gasteiger partial charge in [0.1, 0.15) is 0 Å². The van der Waals surface area contributed by atoms with Gasteiger partial charge in [-0.05, 0) is 43.4 Å². The van der Waals surface area contributed by atoms with Gasteiger partial charge in [0.15, 0.2) is 5.82 Å². The number of aliphatic hydroxyl groups is 1. The number of fused-ring (bicyclic) bond motifs is 2. The van der Waals surface area contributed by atoms with Gasteiger partial charge in [-0.1, -0.05) is 0 Å². The van der Waals surface area contributed by atoms with Crippen molar-refractivity contribution < 1.29 is 9.50 Å². The van der Waals surface area contributed by atoms with Crippen molar-refractivity contribution in [3.05, 3.63) is 47.3 Å². The van der Waals surface area contributed by atoms with Gasteiger partial charge in [0, 0.05) is 53.7 Å². The topological polar surface area (TPSA) is 84.1 Å². The number of aromatic nitrogens is 2. The zero-order chi connectivity index (χ0) is 18.4. The Hall–Kier alpha value is -2.73. The smallest absolute Gasteiger partial charge is 0.154 e. The summed E-state index contributed by atoms with van der Waals surface area (Å²) in [6, 6.07) is 3.71. The molecule has 0 saturated carbocycles. The molecule has 5 nitrogen and oxygen atoms in total. The van der Waals surface area contributed by atoms with Crippen molar-refractivity contribution in [2.24, 2.45) is 5.92 Å². The number of nitrogens with zero attached hydrogens (tertiary/aromatic N) is 2. The highest BCUT2D eigenvalue weighted by atomic mass is 19.1. The number of hydrogen-bond acceptors (Lipinski definition) is 5. The molecule has 0 spiro atoms. The number of rotatable bonds is 2. The summed E-state index contributed by atoms with van der Waals surface area (Å²) in [5.74, 6) is -0.291. The number of aryl methyl sites for hydroxylation is 1. The molecule has 4 N–H and O–H groups in total. The van der Waals surface area contributed by atoms with E-state index >= 15 is 4.39 Å². The first-order valence-corrected chi connectivity index (χ1v) is 8.67. The van der Waals surface area contributed by atoms with Crippen LogP contribution in [0.5, 0.6) is 0 Å². The molecule has 1 unspecified atom stereocenters. The van der Waals surface area contributed by atoms with Crippen LogP contribution in [-0.2, 0) is 6.42 Å². The van der Waals surface area contributed by atoms with Crippen molar-refractivity contribution in [1.29, 1.82) is 0 Å². The minimum atomic E-state index is -0.447. The summed E-state index contributed by atoms with van der Waals surface area (Å²) < 4.78 is 15.0. The van der Waals surface area contributed by atoms with E-state index in [-0.39, 0.29) is 18.2 Å². The Bertz CT molecular complexity index is 1020. The molecule has 0 amide bonds. The van der Waals surface area contributed by atoms with Gasteiger partial charge in [-0.2, -0.15) is 0 Å². The quantitative estimate of drug-likeness (QED) is 0.617. The van der Waals surface area contributed by atoms with Crippen molar-refractivity contribution in [2.45, 2.75) is 20.3 Å². The fourth-order valence-electron chi connectivity index (χ4n) is 3.64. The third-order valence-corrected chi connectivity index (χ3v) is 5.15. The van der Waals surface area contributed by atoms with Crippen molar-refractivity contribution in [3.8, 4) is 11.1 Å². The highest BCUT2D eigenvalue weighted by molar-refractivity contribution is 5.97. The van der Waals surface area contributed by atoms with E-state index in [1.807, 2.05) is 26.0 Å². The van der Waals surface area contributed by atoms with Crippen molar-refractivity contribution in [3.63, 3.8) is 0 Å². The molecule has 0 radical (unpaired) electrons. The molecule has 1 atom stereocenters. The predicted octanol–water partition coefficient (Wildman–Crippen LogP) is 3.21. The van der Waals surface area contributed by atoms with Gasteiger partial charge >= 0.3 is 0 Å². The van der Waals surface area contributed by atoms with E-state index in [4.69, 9.17) is 5.73 Å². The SMILES string of the molecule is Cc1cc2cc(-c3cnc4c(c3C)NCC(CO)C4)c(F)c(N)c2cn1. The van der Waals surface area contributed by atoms with Crippen LogP contribution < -0.4 is 11.1 Å². The third kappa shape index (κ3) is 2.57. The van der Waals surface area contributed by atoms with E-state index < -0.39 is 5.82 Å². The second kappa shape index (κ2) is 6.21. The number of nitrogen functional groups attached to an aromatic ring is 1. The van der Waals surface area contributed by atoms with Crippen LogP contribution in [0.3, 0.4) is 0 Å². The number of hydrogen-bond donors (Lipinski definition) is 3. The summed E-state index contributed by atoms with van der Waals surface area (Å²) in [5.41, 5.74) is 11.0. The van der Waals surface area contributed by atoms with Crippen molar-refractivity contribution in [1.82, 2.24) is 9.97 Å². The van der Waals surface area contributed by atoms with Crippen LogP contribution in [0.25, 0.3) is 21.9 Å². The highest BCUT2D eigenvalue weighted by Crippen LogP contribution is 2.38. The summed E-state index contributed by atoms with van der Waals surface area (Å²) in [5, 5.41) is 14.2. The molecule has 0 aliphatic carbocycles. The number of pyridine rings is 2. The fraction of sp³-hybridized carbons (Fsp3) is 0.300. The fourth-order valence-corrected chi connectivity index (χ4v) is 3.64. The lowest BCUT2D eigenvalue weighted by Gasteiger charge is -2.26. The minimum Gasteiger partial charge on any atom is -0.396 e. The predicted molar refractivity (Wildman–Crippen MR) is 102 cm³/mol. The van der Waals surface area contributed by atoms with Crippen LogP contribution in [-0.4, -0.2) is 28.2 Å². The molecule has 134 valence electrons. The second-order valence-electron chi connectivity index (χ2n) is 6.95. The van der Waals surface area contributed by atoms with Crippen LogP contribution in [0.15, 0.2) is 24.5 Å². The van der Waals surface area contributed by atoms with E-state index in [1.54, 1.807) is 12.4 Å². The average molecular weight is 352 g/mol. The van der Waals surface area contributed by atoms with E-state index in [1.165, 1.54) is 0 Å². The minimum absolute atomic E-state index is 0.107. The Labute approximate surface area is 151 Å². The molecule has 4 rings (SSSR count). The first-order chi connectivity index (χ1) is 12.5. The Morgan fingerprint density at radius 1 is 1.23 bits per heavy atom. The molecule has 3 aromatic rings. The van der Waals surface area contributed by atoms with E-state index in [0.717, 1.165) is 33.6 Å². The monoisotopic (exact) mass is 352 g/mol. The molecule has 6 heteroatoms. The largest absolute Gasteiger partial charge is 0.396 e. The molecule has 2 aromatic heterocycles. The number of halogens is 1. The van der Waals surface area contributed by atoms with E-state index in [2.05, 4.69) is 15.3 Å². The van der Waals surface area contributed by atoms with Crippen LogP contribution in [0.4, 0.5) is 15.8 Å². The summed E-state index contributed by atoms with van der Waals surface area (Å²) in [6.07, 6.45) is 4.03. The maximum absolute atomic E-state index is 15.0. The zero-order valence-electron chi connectivity index (χ0n) is 14.8. The van der Waals surface area contributed by atoms with Gasteiger partial charge in [-0.3, -0.25) is 9.97 Å². The van der Waals surface area contributed by atoms with Crippen LogP contribution >= 0.6 is 0 Å². The molecule has 0 fully saturated rings. The van der Waals surface area contributed by atoms with Gasteiger partial charge in [0.25, 0.3) is 0 Å². The lowest BCUT2D eigenvalue weighted by molar-refractivity contribution is 0.229. The second-order valence-corrected chi connectivity index (χ2v) is 6.95. The van der Waals surface area contributed by atoms with Crippen molar-refractivity contribution >= 4 is 22.1 Å². The zero-order valence-corrected chi connectivity index (χ0v) is 14.8. The number of benzene rings is 1. The maximum Gasteiger partial charge on any atom is 0.154 e. The molecule has 1 aliphatic heterocycles. The molecular weight excluding hydrogens is 331 g/mol. The third-order valence-electron chi connectivity index (χ3n) is 5.15. The summed E-state index contributed by atoms with van der Waals surface area (Å²) >= 11 is 0.